The maximum absolute atomic E-state index is 13.1. The topological polar surface area (TPSA) is 84.2 Å². The lowest BCUT2D eigenvalue weighted by Crippen LogP contribution is -2.37. The van der Waals surface area contributed by atoms with Crippen molar-refractivity contribution in [1.29, 1.82) is 0 Å². The average molecular weight is 377 g/mol. The Balaban J connectivity index is 1.75. The number of amides is 1. The smallest absolute Gasteiger partial charge is 0.262 e. The van der Waals surface area contributed by atoms with Crippen molar-refractivity contribution in [2.24, 2.45) is 0 Å². The van der Waals surface area contributed by atoms with Gasteiger partial charge in [-0.25, -0.2) is 4.39 Å². The summed E-state index contributed by atoms with van der Waals surface area (Å²) in [6.07, 6.45) is 5.42. The van der Waals surface area contributed by atoms with Crippen LogP contribution in [-0.4, -0.2) is 32.4 Å². The minimum Gasteiger partial charge on any atom is -0.493 e. The van der Waals surface area contributed by atoms with Crippen LogP contribution in [0, 0.1) is 5.82 Å². The van der Waals surface area contributed by atoms with Crippen LogP contribution in [0.3, 0.4) is 0 Å². The number of hydrogen-bond acceptors (Lipinski definition) is 5. The Morgan fingerprint density at radius 1 is 1.27 bits per heavy atom. The van der Waals surface area contributed by atoms with Crippen LogP contribution in [0.1, 0.15) is 32.1 Å². The molecule has 138 valence electrons. The van der Waals surface area contributed by atoms with Crippen LogP contribution in [0.5, 0.6) is 5.88 Å². The Morgan fingerprint density at radius 3 is 2.65 bits per heavy atom. The molecule has 2 aromatic rings. The van der Waals surface area contributed by atoms with Crippen molar-refractivity contribution in [3.8, 4) is 11.6 Å². The summed E-state index contributed by atoms with van der Waals surface area (Å²) in [4.78, 5) is 28.4. The summed E-state index contributed by atoms with van der Waals surface area (Å²) >= 11 is 1.06. The van der Waals surface area contributed by atoms with E-state index in [9.17, 15) is 19.1 Å². The standard InChI is InChI=1S/C18H20FN3O3S/c19-12-6-8-14(9-7-12)22-17(25)10-15(23)21-18(22)26-11-16(24)20-13-4-2-1-3-5-13/h6-10,13,23H,1-5,11H2,(H,20,24). The summed E-state index contributed by atoms with van der Waals surface area (Å²) in [6, 6.07) is 6.55. The van der Waals surface area contributed by atoms with E-state index in [-0.39, 0.29) is 22.9 Å². The molecule has 0 unspecified atom stereocenters. The molecule has 0 atom stereocenters. The van der Waals surface area contributed by atoms with Gasteiger partial charge in [-0.2, -0.15) is 4.98 Å². The fraction of sp³-hybridized carbons (Fsp3) is 0.389. The molecule has 0 spiro atoms. The van der Waals surface area contributed by atoms with Crippen LogP contribution >= 0.6 is 11.8 Å². The van der Waals surface area contributed by atoms with Crippen molar-refractivity contribution in [2.45, 2.75) is 43.3 Å². The van der Waals surface area contributed by atoms with Crippen molar-refractivity contribution in [3.05, 3.63) is 46.5 Å². The molecule has 2 N–H and O–H groups in total. The molecular weight excluding hydrogens is 357 g/mol. The molecule has 1 aromatic heterocycles. The van der Waals surface area contributed by atoms with Gasteiger partial charge in [-0.1, -0.05) is 31.0 Å². The Morgan fingerprint density at radius 2 is 1.96 bits per heavy atom. The van der Waals surface area contributed by atoms with Crippen molar-refractivity contribution in [2.75, 3.05) is 5.75 Å². The molecule has 1 aromatic carbocycles. The van der Waals surface area contributed by atoms with E-state index < -0.39 is 17.3 Å². The summed E-state index contributed by atoms with van der Waals surface area (Å²) in [5.74, 6) is -0.892. The zero-order valence-corrected chi connectivity index (χ0v) is 15.0. The van der Waals surface area contributed by atoms with Gasteiger partial charge in [0.25, 0.3) is 5.56 Å². The number of nitrogens with one attached hydrogen (secondary N) is 1. The van der Waals surface area contributed by atoms with Gasteiger partial charge in [0.2, 0.25) is 11.8 Å². The summed E-state index contributed by atoms with van der Waals surface area (Å²) in [5, 5.41) is 12.8. The molecule has 0 radical (unpaired) electrons. The number of carbonyl (C=O) groups excluding carboxylic acids is 1. The van der Waals surface area contributed by atoms with Gasteiger partial charge >= 0.3 is 0 Å². The lowest BCUT2D eigenvalue weighted by Gasteiger charge is -2.22. The van der Waals surface area contributed by atoms with Crippen LogP contribution in [0.4, 0.5) is 4.39 Å². The van der Waals surface area contributed by atoms with Gasteiger partial charge in [0.05, 0.1) is 17.5 Å². The molecule has 1 aliphatic carbocycles. The minimum atomic E-state index is -0.501. The van der Waals surface area contributed by atoms with Crippen LogP contribution < -0.4 is 10.9 Å². The van der Waals surface area contributed by atoms with Crippen LogP contribution in [0.2, 0.25) is 0 Å². The third-order valence-electron chi connectivity index (χ3n) is 4.26. The molecule has 0 aliphatic heterocycles. The number of halogens is 1. The van der Waals surface area contributed by atoms with Gasteiger partial charge in [0, 0.05) is 6.04 Å². The van der Waals surface area contributed by atoms with Gasteiger partial charge in [-0.05, 0) is 37.1 Å². The number of nitrogens with zero attached hydrogens (tertiary/aromatic N) is 2. The average Bonchev–Trinajstić information content (AvgIpc) is 2.61. The van der Waals surface area contributed by atoms with Gasteiger partial charge < -0.3 is 10.4 Å². The minimum absolute atomic E-state index is 0.0770. The second kappa shape index (κ2) is 8.35. The van der Waals surface area contributed by atoms with Gasteiger partial charge in [-0.3, -0.25) is 14.2 Å². The summed E-state index contributed by atoms with van der Waals surface area (Å²) in [6.45, 7) is 0. The molecule has 1 saturated carbocycles. The van der Waals surface area contributed by atoms with Gasteiger partial charge in [-0.15, -0.1) is 0 Å². The molecule has 1 amide bonds. The fourth-order valence-electron chi connectivity index (χ4n) is 3.02. The maximum atomic E-state index is 13.1. The number of rotatable bonds is 5. The highest BCUT2D eigenvalue weighted by atomic mass is 32.2. The summed E-state index contributed by atoms with van der Waals surface area (Å²) in [7, 11) is 0. The third-order valence-corrected chi connectivity index (χ3v) is 5.20. The molecule has 0 saturated heterocycles. The first-order valence-corrected chi connectivity index (χ1v) is 9.52. The Labute approximate surface area is 154 Å². The number of hydrogen-bond donors (Lipinski definition) is 2. The van der Waals surface area contributed by atoms with Crippen molar-refractivity contribution < 1.29 is 14.3 Å². The number of thioether (sulfide) groups is 1. The first kappa shape index (κ1) is 18.4. The lowest BCUT2D eigenvalue weighted by molar-refractivity contribution is -0.119. The molecular formula is C18H20FN3O3S. The number of aromatic nitrogens is 2. The van der Waals surface area contributed by atoms with Crippen LogP contribution in [0.25, 0.3) is 5.69 Å². The first-order valence-electron chi connectivity index (χ1n) is 8.54. The predicted molar refractivity (Wildman–Crippen MR) is 97.2 cm³/mol. The SMILES string of the molecule is O=C(CSc1nc(O)cc(=O)n1-c1ccc(F)cc1)NC1CCCCC1. The van der Waals surface area contributed by atoms with E-state index in [0.717, 1.165) is 43.5 Å². The molecule has 1 heterocycles. The Hall–Kier alpha value is -2.35. The second-order valence-corrected chi connectivity index (χ2v) is 7.18. The van der Waals surface area contributed by atoms with E-state index >= 15 is 0 Å². The first-order chi connectivity index (χ1) is 12.5. The Kier molecular flexibility index (Phi) is 5.92. The summed E-state index contributed by atoms with van der Waals surface area (Å²) < 4.78 is 14.4. The molecule has 3 rings (SSSR count). The molecule has 26 heavy (non-hydrogen) atoms. The fourth-order valence-corrected chi connectivity index (χ4v) is 3.85. The third kappa shape index (κ3) is 4.63. The quantitative estimate of drug-likeness (QED) is 0.618. The predicted octanol–water partition coefficient (Wildman–Crippen LogP) is 2.62. The highest BCUT2D eigenvalue weighted by molar-refractivity contribution is 7.99. The van der Waals surface area contributed by atoms with Gasteiger partial charge in [0.15, 0.2) is 5.16 Å². The van der Waals surface area contributed by atoms with Crippen LogP contribution in [0.15, 0.2) is 40.3 Å². The summed E-state index contributed by atoms with van der Waals surface area (Å²) in [5.41, 5.74) is -0.0848. The monoisotopic (exact) mass is 377 g/mol. The van der Waals surface area contributed by atoms with E-state index in [1.54, 1.807) is 0 Å². The zero-order chi connectivity index (χ0) is 18.5. The van der Waals surface area contributed by atoms with Crippen LogP contribution in [-0.2, 0) is 4.79 Å². The molecule has 6 nitrogen and oxygen atoms in total. The van der Waals surface area contributed by atoms with E-state index in [4.69, 9.17) is 0 Å². The maximum Gasteiger partial charge on any atom is 0.262 e. The van der Waals surface area contributed by atoms with E-state index in [0.29, 0.717) is 5.69 Å². The molecule has 8 heteroatoms. The zero-order valence-electron chi connectivity index (χ0n) is 14.2. The Bertz CT molecular complexity index is 833. The van der Waals surface area contributed by atoms with Crippen molar-refractivity contribution in [1.82, 2.24) is 14.9 Å². The molecule has 1 aliphatic rings. The number of aromatic hydroxyl groups is 1. The van der Waals surface area contributed by atoms with E-state index in [1.807, 2.05) is 0 Å². The molecule has 1 fully saturated rings. The van der Waals surface area contributed by atoms with E-state index in [2.05, 4.69) is 10.3 Å². The van der Waals surface area contributed by atoms with Crippen molar-refractivity contribution >= 4 is 17.7 Å². The largest absolute Gasteiger partial charge is 0.493 e. The normalized spacial score (nSPS) is 15.0. The lowest BCUT2D eigenvalue weighted by atomic mass is 9.95. The second-order valence-electron chi connectivity index (χ2n) is 6.24. The van der Waals surface area contributed by atoms with Gasteiger partial charge in [0.1, 0.15) is 5.82 Å². The highest BCUT2D eigenvalue weighted by Gasteiger charge is 2.17. The number of benzene rings is 1. The molecule has 0 bridgehead atoms. The number of carbonyl (C=O) groups is 1. The highest BCUT2D eigenvalue weighted by Crippen LogP contribution is 2.21. The van der Waals surface area contributed by atoms with Crippen molar-refractivity contribution in [3.63, 3.8) is 0 Å². The van der Waals surface area contributed by atoms with E-state index in [1.165, 1.54) is 35.3 Å².